The molecule has 1 aromatic heterocycles. The Morgan fingerprint density at radius 1 is 1.44 bits per heavy atom. The maximum absolute atomic E-state index is 4.18. The second-order valence-electron chi connectivity index (χ2n) is 4.39. The third kappa shape index (κ3) is 3.40. The van der Waals surface area contributed by atoms with Crippen LogP contribution in [0.15, 0.2) is 35.1 Å². The second-order valence-corrected chi connectivity index (χ2v) is 5.30. The van der Waals surface area contributed by atoms with Crippen LogP contribution in [0.25, 0.3) is 0 Å². The van der Waals surface area contributed by atoms with Crippen LogP contribution in [0.4, 0.5) is 0 Å². The summed E-state index contributed by atoms with van der Waals surface area (Å²) in [6.07, 6.45) is 1.58. The summed E-state index contributed by atoms with van der Waals surface area (Å²) in [7, 11) is 1.90. The van der Waals surface area contributed by atoms with Crippen molar-refractivity contribution in [2.75, 3.05) is 6.54 Å². The molecule has 0 fully saturated rings. The summed E-state index contributed by atoms with van der Waals surface area (Å²) in [5, 5.41) is 7.45. The molecule has 18 heavy (non-hydrogen) atoms. The molecular weight excluding hydrogens is 292 g/mol. The van der Waals surface area contributed by atoms with Crippen molar-refractivity contribution in [3.05, 3.63) is 46.5 Å². The Kier molecular flexibility index (Phi) is 4.49. The molecule has 1 unspecified atom stereocenters. The van der Waals surface area contributed by atoms with Crippen molar-refractivity contribution < 1.29 is 0 Å². The highest BCUT2D eigenvalue weighted by Gasteiger charge is 2.06. The van der Waals surface area contributed by atoms with Crippen molar-refractivity contribution in [1.29, 1.82) is 0 Å². The second kappa shape index (κ2) is 6.11. The molecule has 0 aliphatic carbocycles. The number of halogens is 1. The molecule has 0 spiro atoms. The minimum Gasteiger partial charge on any atom is -0.309 e. The van der Waals surface area contributed by atoms with Gasteiger partial charge in [0.15, 0.2) is 0 Å². The first-order valence-corrected chi connectivity index (χ1v) is 6.75. The van der Waals surface area contributed by atoms with E-state index in [9.17, 15) is 0 Å². The van der Waals surface area contributed by atoms with E-state index in [-0.39, 0.29) is 0 Å². The fraction of sp³-hybridized carbons (Fsp3) is 0.385. The quantitative estimate of drug-likeness (QED) is 0.922. The molecular formula is C13H17BrN4. The first-order valence-electron chi connectivity index (χ1n) is 5.96. The zero-order valence-electron chi connectivity index (χ0n) is 10.6. The smallest absolute Gasteiger partial charge is 0.140 e. The van der Waals surface area contributed by atoms with Gasteiger partial charge >= 0.3 is 0 Å². The average Bonchev–Trinajstić information content (AvgIpc) is 2.75. The summed E-state index contributed by atoms with van der Waals surface area (Å²) >= 11 is 3.50. The Balaban J connectivity index is 1.85. The van der Waals surface area contributed by atoms with E-state index in [0.29, 0.717) is 5.92 Å². The molecule has 1 N–H and O–H groups in total. The predicted octanol–water partition coefficient (Wildman–Crippen LogP) is 2.47. The van der Waals surface area contributed by atoms with Gasteiger partial charge in [-0.05, 0) is 23.6 Å². The van der Waals surface area contributed by atoms with Crippen molar-refractivity contribution >= 4 is 15.9 Å². The van der Waals surface area contributed by atoms with Crippen LogP contribution in [0.5, 0.6) is 0 Å². The first-order chi connectivity index (χ1) is 8.66. The first kappa shape index (κ1) is 13.2. The zero-order valence-corrected chi connectivity index (χ0v) is 12.2. The molecule has 1 atom stereocenters. The topological polar surface area (TPSA) is 42.7 Å². The van der Waals surface area contributed by atoms with Crippen LogP contribution in [0.2, 0.25) is 0 Å². The predicted molar refractivity (Wildman–Crippen MR) is 75.3 cm³/mol. The van der Waals surface area contributed by atoms with E-state index in [0.717, 1.165) is 23.4 Å². The molecule has 4 nitrogen and oxygen atoms in total. The van der Waals surface area contributed by atoms with E-state index in [1.165, 1.54) is 5.56 Å². The Morgan fingerprint density at radius 3 is 2.94 bits per heavy atom. The summed E-state index contributed by atoms with van der Waals surface area (Å²) in [4.78, 5) is 4.18. The van der Waals surface area contributed by atoms with Crippen LogP contribution in [-0.4, -0.2) is 21.3 Å². The molecule has 0 aliphatic rings. The fourth-order valence-corrected chi connectivity index (χ4v) is 2.23. The molecule has 0 radical (unpaired) electrons. The summed E-state index contributed by atoms with van der Waals surface area (Å²) in [5.41, 5.74) is 1.33. The van der Waals surface area contributed by atoms with Gasteiger partial charge in [-0.25, -0.2) is 4.98 Å². The highest BCUT2D eigenvalue weighted by molar-refractivity contribution is 9.10. The molecule has 0 bridgehead atoms. The lowest BCUT2D eigenvalue weighted by Gasteiger charge is -2.13. The fourth-order valence-electron chi connectivity index (χ4n) is 1.81. The number of aryl methyl sites for hydroxylation is 1. The molecule has 2 rings (SSSR count). The number of nitrogens with zero attached hydrogens (tertiary/aromatic N) is 3. The van der Waals surface area contributed by atoms with Gasteiger partial charge in [-0.3, -0.25) is 4.68 Å². The van der Waals surface area contributed by atoms with Gasteiger partial charge in [0.25, 0.3) is 0 Å². The van der Waals surface area contributed by atoms with Gasteiger partial charge < -0.3 is 5.32 Å². The standard InChI is InChI=1S/C13H17BrN4/c1-10(11-4-3-5-12(14)6-11)7-15-8-13-16-9-17-18(13)2/h3-6,9-10,15H,7-8H2,1-2H3. The van der Waals surface area contributed by atoms with E-state index >= 15 is 0 Å². The van der Waals surface area contributed by atoms with Gasteiger partial charge in [0.2, 0.25) is 0 Å². The molecule has 1 aromatic carbocycles. The van der Waals surface area contributed by atoms with Crippen LogP contribution in [0, 0.1) is 0 Å². The van der Waals surface area contributed by atoms with Crippen molar-refractivity contribution in [3.63, 3.8) is 0 Å². The van der Waals surface area contributed by atoms with E-state index < -0.39 is 0 Å². The maximum Gasteiger partial charge on any atom is 0.140 e. The summed E-state index contributed by atoms with van der Waals surface area (Å²) in [5.74, 6) is 1.42. The molecule has 5 heteroatoms. The number of nitrogens with one attached hydrogen (secondary N) is 1. The lowest BCUT2D eigenvalue weighted by atomic mass is 10.0. The Labute approximate surface area is 116 Å². The van der Waals surface area contributed by atoms with Gasteiger partial charge in [-0.2, -0.15) is 5.10 Å². The lowest BCUT2D eigenvalue weighted by Crippen LogP contribution is -2.21. The van der Waals surface area contributed by atoms with Crippen LogP contribution < -0.4 is 5.32 Å². The minimum absolute atomic E-state index is 0.468. The largest absolute Gasteiger partial charge is 0.309 e. The molecule has 1 heterocycles. The average molecular weight is 309 g/mol. The maximum atomic E-state index is 4.18. The number of benzene rings is 1. The number of hydrogen-bond donors (Lipinski definition) is 1. The summed E-state index contributed by atoms with van der Waals surface area (Å²) < 4.78 is 2.91. The third-order valence-electron chi connectivity index (χ3n) is 2.96. The number of hydrogen-bond acceptors (Lipinski definition) is 3. The normalized spacial score (nSPS) is 12.6. The van der Waals surface area contributed by atoms with Crippen LogP contribution in [-0.2, 0) is 13.6 Å². The Hall–Kier alpha value is -1.20. The minimum atomic E-state index is 0.468. The SMILES string of the molecule is CC(CNCc1ncnn1C)c1cccc(Br)c1. The van der Waals surface area contributed by atoms with Crippen LogP contribution >= 0.6 is 15.9 Å². The summed E-state index contributed by atoms with van der Waals surface area (Å²) in [6, 6.07) is 8.43. The third-order valence-corrected chi connectivity index (χ3v) is 3.45. The van der Waals surface area contributed by atoms with Crippen molar-refractivity contribution in [2.24, 2.45) is 7.05 Å². The summed E-state index contributed by atoms with van der Waals surface area (Å²) in [6.45, 7) is 3.88. The highest BCUT2D eigenvalue weighted by Crippen LogP contribution is 2.19. The van der Waals surface area contributed by atoms with Crippen molar-refractivity contribution in [2.45, 2.75) is 19.4 Å². The van der Waals surface area contributed by atoms with Crippen molar-refractivity contribution in [1.82, 2.24) is 20.1 Å². The van der Waals surface area contributed by atoms with Crippen LogP contribution in [0.1, 0.15) is 24.2 Å². The Morgan fingerprint density at radius 2 is 2.28 bits per heavy atom. The molecule has 96 valence electrons. The molecule has 0 amide bonds. The van der Waals surface area contributed by atoms with Gasteiger partial charge in [-0.15, -0.1) is 0 Å². The highest BCUT2D eigenvalue weighted by atomic mass is 79.9. The number of rotatable bonds is 5. The van der Waals surface area contributed by atoms with Crippen LogP contribution in [0.3, 0.4) is 0 Å². The van der Waals surface area contributed by atoms with Gasteiger partial charge in [0.1, 0.15) is 12.2 Å². The van der Waals surface area contributed by atoms with E-state index in [4.69, 9.17) is 0 Å². The lowest BCUT2D eigenvalue weighted by molar-refractivity contribution is 0.576. The molecule has 0 aliphatic heterocycles. The van der Waals surface area contributed by atoms with E-state index in [1.54, 1.807) is 11.0 Å². The van der Waals surface area contributed by atoms with Gasteiger partial charge in [0.05, 0.1) is 6.54 Å². The van der Waals surface area contributed by atoms with Gasteiger partial charge in [-0.1, -0.05) is 35.0 Å². The monoisotopic (exact) mass is 308 g/mol. The van der Waals surface area contributed by atoms with Crippen molar-refractivity contribution in [3.8, 4) is 0 Å². The molecule has 0 saturated carbocycles. The molecule has 0 saturated heterocycles. The zero-order chi connectivity index (χ0) is 13.0. The molecule has 2 aromatic rings. The number of aromatic nitrogens is 3. The van der Waals surface area contributed by atoms with E-state index in [2.05, 4.69) is 56.5 Å². The van der Waals surface area contributed by atoms with E-state index in [1.807, 2.05) is 13.1 Å². The Bertz CT molecular complexity index is 509. The van der Waals surface area contributed by atoms with Gasteiger partial charge in [0, 0.05) is 18.1 Å².